The monoisotopic (exact) mass is 494 g/mol. The maximum Gasteiger partial charge on any atom is 0.332 e. The SMILES string of the molecule is Cc1nn(Cc2ccccc2Cl)c2sc(C(=O)Nc3cnc4c(c3)c(=O)n(C)c(=O)n4C)cc12. The van der Waals surface area contributed by atoms with Crippen molar-refractivity contribution in [3.8, 4) is 0 Å². The van der Waals surface area contributed by atoms with Crippen molar-refractivity contribution in [1.29, 1.82) is 0 Å². The number of amides is 1. The first-order chi connectivity index (χ1) is 16.2. The molecule has 5 aromatic rings. The molecule has 0 aliphatic heterocycles. The van der Waals surface area contributed by atoms with Crippen LogP contribution >= 0.6 is 22.9 Å². The van der Waals surface area contributed by atoms with E-state index in [2.05, 4.69) is 15.4 Å². The lowest BCUT2D eigenvalue weighted by Gasteiger charge is -2.08. The fourth-order valence-electron chi connectivity index (χ4n) is 3.85. The van der Waals surface area contributed by atoms with Gasteiger partial charge in [0.15, 0.2) is 0 Å². The lowest BCUT2D eigenvalue weighted by Crippen LogP contribution is -2.37. The molecule has 1 N–H and O–H groups in total. The van der Waals surface area contributed by atoms with Crippen molar-refractivity contribution in [3.63, 3.8) is 0 Å². The van der Waals surface area contributed by atoms with E-state index in [9.17, 15) is 14.4 Å². The minimum absolute atomic E-state index is 0.241. The van der Waals surface area contributed by atoms with E-state index < -0.39 is 11.2 Å². The van der Waals surface area contributed by atoms with E-state index in [1.807, 2.05) is 35.9 Å². The Hall–Kier alpha value is -3.76. The zero-order chi connectivity index (χ0) is 24.1. The molecule has 0 aliphatic rings. The summed E-state index contributed by atoms with van der Waals surface area (Å²) in [4.78, 5) is 43.2. The van der Waals surface area contributed by atoms with Crippen LogP contribution < -0.4 is 16.6 Å². The molecule has 4 aromatic heterocycles. The van der Waals surface area contributed by atoms with Gasteiger partial charge in [-0.05, 0) is 30.7 Å². The standard InChI is InChI=1S/C23H19ClN6O3S/c1-12-15-9-18(34-22(15)30(27-12)11-13-6-4-5-7-17(13)24)20(31)26-14-8-16-19(25-10-14)28(2)23(33)29(3)21(16)32/h4-10H,11H2,1-3H3,(H,26,31). The number of pyridine rings is 1. The van der Waals surface area contributed by atoms with Gasteiger partial charge in [0.1, 0.15) is 10.5 Å². The number of nitrogens with zero attached hydrogens (tertiary/aromatic N) is 5. The minimum atomic E-state index is -0.473. The summed E-state index contributed by atoms with van der Waals surface area (Å²) in [7, 11) is 2.95. The Morgan fingerprint density at radius 2 is 1.88 bits per heavy atom. The Morgan fingerprint density at radius 3 is 2.65 bits per heavy atom. The molecule has 0 spiro atoms. The molecule has 11 heteroatoms. The highest BCUT2D eigenvalue weighted by Crippen LogP contribution is 2.30. The third-order valence-corrected chi connectivity index (χ3v) is 7.18. The zero-order valence-corrected chi connectivity index (χ0v) is 20.1. The second kappa shape index (κ2) is 8.23. The summed E-state index contributed by atoms with van der Waals surface area (Å²) in [6.45, 7) is 2.38. The molecule has 0 saturated heterocycles. The van der Waals surface area contributed by atoms with Crippen LogP contribution in [0.15, 0.2) is 52.2 Å². The number of benzene rings is 1. The highest BCUT2D eigenvalue weighted by molar-refractivity contribution is 7.20. The zero-order valence-electron chi connectivity index (χ0n) is 18.5. The van der Waals surface area contributed by atoms with Gasteiger partial charge in [0.2, 0.25) is 0 Å². The van der Waals surface area contributed by atoms with Crippen molar-refractivity contribution in [2.45, 2.75) is 13.5 Å². The Morgan fingerprint density at radius 1 is 1.12 bits per heavy atom. The lowest BCUT2D eigenvalue weighted by molar-refractivity contribution is 0.103. The second-order valence-electron chi connectivity index (χ2n) is 7.92. The average molecular weight is 495 g/mol. The van der Waals surface area contributed by atoms with E-state index in [0.29, 0.717) is 22.1 Å². The van der Waals surface area contributed by atoms with Crippen LogP contribution in [0.5, 0.6) is 0 Å². The van der Waals surface area contributed by atoms with Gasteiger partial charge in [-0.15, -0.1) is 11.3 Å². The summed E-state index contributed by atoms with van der Waals surface area (Å²) >= 11 is 7.63. The molecule has 1 amide bonds. The van der Waals surface area contributed by atoms with E-state index in [1.54, 1.807) is 13.1 Å². The van der Waals surface area contributed by atoms with E-state index in [4.69, 9.17) is 11.6 Å². The molecule has 0 atom stereocenters. The van der Waals surface area contributed by atoms with Crippen LogP contribution in [-0.4, -0.2) is 29.8 Å². The second-order valence-corrected chi connectivity index (χ2v) is 9.36. The number of hydrogen-bond donors (Lipinski definition) is 1. The van der Waals surface area contributed by atoms with Gasteiger partial charge in [-0.25, -0.2) is 9.78 Å². The lowest BCUT2D eigenvalue weighted by atomic mass is 10.2. The van der Waals surface area contributed by atoms with Gasteiger partial charge in [-0.3, -0.25) is 23.4 Å². The number of aryl methyl sites for hydroxylation is 2. The van der Waals surface area contributed by atoms with Crippen molar-refractivity contribution < 1.29 is 4.79 Å². The first-order valence-electron chi connectivity index (χ1n) is 10.3. The van der Waals surface area contributed by atoms with E-state index in [0.717, 1.165) is 26.0 Å². The molecule has 9 nitrogen and oxygen atoms in total. The number of carbonyl (C=O) groups excluding carboxylic acids is 1. The number of aromatic nitrogens is 5. The Kier molecular flexibility index (Phi) is 5.34. The smallest absolute Gasteiger partial charge is 0.320 e. The number of halogens is 1. The van der Waals surface area contributed by atoms with Gasteiger partial charge in [0, 0.05) is 24.5 Å². The van der Waals surface area contributed by atoms with Crippen molar-refractivity contribution >= 4 is 55.8 Å². The maximum absolute atomic E-state index is 13.0. The van der Waals surface area contributed by atoms with Gasteiger partial charge in [-0.1, -0.05) is 29.8 Å². The van der Waals surface area contributed by atoms with Crippen LogP contribution in [0, 0.1) is 6.92 Å². The molecule has 34 heavy (non-hydrogen) atoms. The predicted octanol–water partition coefficient (Wildman–Crippen LogP) is 3.31. The number of anilines is 1. The van der Waals surface area contributed by atoms with Crippen molar-refractivity contribution in [2.24, 2.45) is 14.1 Å². The highest BCUT2D eigenvalue weighted by atomic mass is 35.5. The normalized spacial score (nSPS) is 11.4. The number of hydrogen-bond acceptors (Lipinski definition) is 6. The fourth-order valence-corrected chi connectivity index (χ4v) is 5.10. The van der Waals surface area contributed by atoms with E-state index >= 15 is 0 Å². The quantitative estimate of drug-likeness (QED) is 0.413. The summed E-state index contributed by atoms with van der Waals surface area (Å²) < 4.78 is 4.14. The first-order valence-corrected chi connectivity index (χ1v) is 11.5. The largest absolute Gasteiger partial charge is 0.332 e. The van der Waals surface area contributed by atoms with Crippen molar-refractivity contribution in [1.82, 2.24) is 23.9 Å². The third kappa shape index (κ3) is 3.61. The molecule has 5 rings (SSSR count). The molecular weight excluding hydrogens is 476 g/mol. The van der Waals surface area contributed by atoms with E-state index in [1.165, 1.54) is 35.2 Å². The molecule has 0 fully saturated rings. The summed E-state index contributed by atoms with van der Waals surface area (Å²) in [6.07, 6.45) is 1.43. The molecule has 1 aromatic carbocycles. The maximum atomic E-state index is 13.0. The number of thiophene rings is 1. The van der Waals surface area contributed by atoms with Gasteiger partial charge in [0.05, 0.1) is 34.4 Å². The van der Waals surface area contributed by atoms with E-state index in [-0.39, 0.29) is 16.9 Å². The van der Waals surface area contributed by atoms with Gasteiger partial charge in [-0.2, -0.15) is 5.10 Å². The third-order valence-electron chi connectivity index (χ3n) is 5.66. The molecule has 0 unspecified atom stereocenters. The number of rotatable bonds is 4. The molecule has 0 aliphatic carbocycles. The Bertz CT molecular complexity index is 1730. The summed E-state index contributed by atoms with van der Waals surface area (Å²) in [5, 5.41) is 9.19. The minimum Gasteiger partial charge on any atom is -0.320 e. The first kappa shape index (κ1) is 22.1. The van der Waals surface area contributed by atoms with Crippen LogP contribution in [0.1, 0.15) is 20.9 Å². The Labute approximate surface area is 201 Å². The number of fused-ring (bicyclic) bond motifs is 2. The van der Waals surface area contributed by atoms with Crippen LogP contribution in [-0.2, 0) is 20.6 Å². The van der Waals surface area contributed by atoms with Crippen LogP contribution in [0.4, 0.5) is 5.69 Å². The van der Waals surface area contributed by atoms with Crippen LogP contribution in [0.2, 0.25) is 5.02 Å². The summed E-state index contributed by atoms with van der Waals surface area (Å²) in [5.41, 5.74) is 1.43. The van der Waals surface area contributed by atoms with Gasteiger partial charge < -0.3 is 5.32 Å². The summed E-state index contributed by atoms with van der Waals surface area (Å²) in [6, 6.07) is 10.9. The highest BCUT2D eigenvalue weighted by Gasteiger charge is 2.18. The molecule has 0 saturated carbocycles. The average Bonchev–Trinajstić information content (AvgIpc) is 3.39. The van der Waals surface area contributed by atoms with Crippen molar-refractivity contribution in [2.75, 3.05) is 5.32 Å². The molecule has 0 bridgehead atoms. The van der Waals surface area contributed by atoms with Gasteiger partial charge in [0.25, 0.3) is 11.5 Å². The van der Waals surface area contributed by atoms with Gasteiger partial charge >= 0.3 is 5.69 Å². The molecule has 4 heterocycles. The fraction of sp³-hybridized carbons (Fsp3) is 0.174. The predicted molar refractivity (Wildman–Crippen MR) is 133 cm³/mol. The van der Waals surface area contributed by atoms with Crippen molar-refractivity contribution in [3.05, 3.63) is 84.6 Å². The molecular formula is C23H19ClN6O3S. The molecule has 0 radical (unpaired) electrons. The van der Waals surface area contributed by atoms with Crippen LogP contribution in [0.3, 0.4) is 0 Å². The summed E-state index contributed by atoms with van der Waals surface area (Å²) in [5.74, 6) is -0.326. The topological polar surface area (TPSA) is 104 Å². The Balaban J connectivity index is 1.47. The molecule has 172 valence electrons. The number of nitrogens with one attached hydrogen (secondary N) is 1. The van der Waals surface area contributed by atoms with Crippen LogP contribution in [0.25, 0.3) is 21.3 Å². The number of carbonyl (C=O) groups is 1.